The van der Waals surface area contributed by atoms with Crippen molar-refractivity contribution in [3.63, 3.8) is 0 Å². The van der Waals surface area contributed by atoms with E-state index in [4.69, 9.17) is 16.7 Å². The maximum absolute atomic E-state index is 9.14. The third kappa shape index (κ3) is 3.45. The molecule has 1 aromatic heterocycles. The molecule has 0 unspecified atom stereocenters. The molecule has 2 aromatic rings. The highest BCUT2D eigenvalue weighted by atomic mass is 35.5. The Labute approximate surface area is 112 Å². The molecule has 4 heteroatoms. The van der Waals surface area contributed by atoms with Gasteiger partial charge in [-0.15, -0.1) is 0 Å². The highest BCUT2D eigenvalue weighted by molar-refractivity contribution is 6.30. The van der Waals surface area contributed by atoms with Gasteiger partial charge in [-0.2, -0.15) is 0 Å². The number of hydrogen-bond donors (Lipinski definition) is 1. The first-order chi connectivity index (χ1) is 8.79. The summed E-state index contributed by atoms with van der Waals surface area (Å²) in [4.78, 5) is 6.30. The summed E-state index contributed by atoms with van der Waals surface area (Å²) in [5.74, 6) is 0.817. The lowest BCUT2D eigenvalue weighted by molar-refractivity contribution is 0.301. The highest BCUT2D eigenvalue weighted by Gasteiger charge is 2.07. The van der Waals surface area contributed by atoms with E-state index in [1.54, 1.807) is 12.3 Å². The zero-order valence-electron chi connectivity index (χ0n) is 9.96. The third-order valence-electron chi connectivity index (χ3n) is 2.62. The number of anilines is 1. The number of aliphatic hydroxyl groups excluding tert-OH is 1. The third-order valence-corrected chi connectivity index (χ3v) is 2.85. The summed E-state index contributed by atoms with van der Waals surface area (Å²) in [6, 6.07) is 13.8. The number of rotatable bonds is 5. The van der Waals surface area contributed by atoms with Crippen LogP contribution < -0.4 is 4.90 Å². The average molecular weight is 263 g/mol. The van der Waals surface area contributed by atoms with Crippen molar-refractivity contribution in [2.45, 2.75) is 6.54 Å². The first-order valence-electron chi connectivity index (χ1n) is 5.81. The van der Waals surface area contributed by atoms with E-state index in [9.17, 15) is 0 Å². The summed E-state index contributed by atoms with van der Waals surface area (Å²) in [7, 11) is 0. The molecule has 0 amide bonds. The van der Waals surface area contributed by atoms with Crippen LogP contribution in [0.2, 0.25) is 5.02 Å². The molecule has 0 fully saturated rings. The highest BCUT2D eigenvalue weighted by Crippen LogP contribution is 2.16. The van der Waals surface area contributed by atoms with Crippen LogP contribution in [0.1, 0.15) is 5.56 Å². The molecular weight excluding hydrogens is 248 g/mol. The fraction of sp³-hybridized carbons (Fsp3) is 0.214. The molecule has 0 spiro atoms. The predicted octanol–water partition coefficient (Wildman–Crippen LogP) is 2.73. The van der Waals surface area contributed by atoms with Gasteiger partial charge < -0.3 is 10.0 Å². The van der Waals surface area contributed by atoms with Crippen LogP contribution in [0.4, 0.5) is 5.82 Å². The van der Waals surface area contributed by atoms with Crippen molar-refractivity contribution in [1.82, 2.24) is 4.98 Å². The summed E-state index contributed by atoms with van der Waals surface area (Å²) in [5.41, 5.74) is 1.18. The number of nitrogens with zero attached hydrogens (tertiary/aromatic N) is 2. The van der Waals surface area contributed by atoms with E-state index >= 15 is 0 Å². The molecule has 1 N–H and O–H groups in total. The molecule has 1 aromatic carbocycles. The second-order valence-corrected chi connectivity index (χ2v) is 4.40. The number of halogens is 1. The SMILES string of the molecule is OCCN(Cc1ccccc1)c1ccc(Cl)cn1. The monoisotopic (exact) mass is 262 g/mol. The van der Waals surface area contributed by atoms with Crippen LogP contribution in [-0.2, 0) is 6.54 Å². The molecule has 0 aliphatic heterocycles. The fourth-order valence-electron chi connectivity index (χ4n) is 1.75. The number of hydrogen-bond acceptors (Lipinski definition) is 3. The second-order valence-electron chi connectivity index (χ2n) is 3.97. The quantitative estimate of drug-likeness (QED) is 0.900. The van der Waals surface area contributed by atoms with Gasteiger partial charge in [0.25, 0.3) is 0 Å². The van der Waals surface area contributed by atoms with Crippen LogP contribution in [-0.4, -0.2) is 23.2 Å². The molecule has 0 saturated carbocycles. The van der Waals surface area contributed by atoms with Crippen LogP contribution in [0, 0.1) is 0 Å². The van der Waals surface area contributed by atoms with Crippen molar-refractivity contribution in [2.75, 3.05) is 18.1 Å². The largest absolute Gasteiger partial charge is 0.395 e. The van der Waals surface area contributed by atoms with Crippen molar-refractivity contribution in [1.29, 1.82) is 0 Å². The molecule has 0 saturated heterocycles. The Morgan fingerprint density at radius 3 is 2.50 bits per heavy atom. The average Bonchev–Trinajstić information content (AvgIpc) is 2.40. The maximum atomic E-state index is 9.14. The van der Waals surface area contributed by atoms with Crippen LogP contribution >= 0.6 is 11.6 Å². The summed E-state index contributed by atoms with van der Waals surface area (Å²) in [6.45, 7) is 1.36. The molecule has 0 aliphatic carbocycles. The fourth-order valence-corrected chi connectivity index (χ4v) is 1.87. The molecule has 18 heavy (non-hydrogen) atoms. The van der Waals surface area contributed by atoms with Gasteiger partial charge in [-0.3, -0.25) is 0 Å². The Morgan fingerprint density at radius 2 is 1.89 bits per heavy atom. The predicted molar refractivity (Wildman–Crippen MR) is 73.8 cm³/mol. The van der Waals surface area contributed by atoms with E-state index in [0.29, 0.717) is 11.6 Å². The lowest BCUT2D eigenvalue weighted by atomic mass is 10.2. The molecule has 3 nitrogen and oxygen atoms in total. The lowest BCUT2D eigenvalue weighted by Gasteiger charge is -2.22. The van der Waals surface area contributed by atoms with Gasteiger partial charge in [0, 0.05) is 19.3 Å². The first-order valence-corrected chi connectivity index (χ1v) is 6.18. The van der Waals surface area contributed by atoms with E-state index in [0.717, 1.165) is 12.4 Å². The number of benzene rings is 1. The number of aliphatic hydroxyl groups is 1. The topological polar surface area (TPSA) is 36.4 Å². The molecule has 94 valence electrons. The van der Waals surface area contributed by atoms with Crippen LogP contribution in [0.15, 0.2) is 48.7 Å². The Kier molecular flexibility index (Phi) is 4.56. The van der Waals surface area contributed by atoms with E-state index in [-0.39, 0.29) is 6.61 Å². The Balaban J connectivity index is 2.15. The molecule has 0 bridgehead atoms. The standard InChI is InChI=1S/C14H15ClN2O/c15-13-6-7-14(16-10-13)17(8-9-18)11-12-4-2-1-3-5-12/h1-7,10,18H,8-9,11H2. The van der Waals surface area contributed by atoms with Crippen LogP contribution in [0.25, 0.3) is 0 Å². The zero-order valence-corrected chi connectivity index (χ0v) is 10.7. The van der Waals surface area contributed by atoms with E-state index in [1.165, 1.54) is 5.56 Å². The molecule has 2 rings (SSSR count). The van der Waals surface area contributed by atoms with Gasteiger partial charge in [-0.25, -0.2) is 4.98 Å². The minimum Gasteiger partial charge on any atom is -0.395 e. The summed E-state index contributed by atoms with van der Waals surface area (Å²) < 4.78 is 0. The summed E-state index contributed by atoms with van der Waals surface area (Å²) >= 11 is 5.82. The van der Waals surface area contributed by atoms with Crippen molar-refractivity contribution in [3.05, 3.63) is 59.2 Å². The van der Waals surface area contributed by atoms with Gasteiger partial charge in [0.15, 0.2) is 0 Å². The smallest absolute Gasteiger partial charge is 0.128 e. The molecule has 0 radical (unpaired) electrons. The minimum atomic E-state index is 0.0944. The van der Waals surface area contributed by atoms with Crippen molar-refractivity contribution in [3.8, 4) is 0 Å². The van der Waals surface area contributed by atoms with E-state index in [1.807, 2.05) is 29.2 Å². The van der Waals surface area contributed by atoms with Crippen molar-refractivity contribution in [2.24, 2.45) is 0 Å². The Hall–Kier alpha value is -1.58. The van der Waals surface area contributed by atoms with Gasteiger partial charge in [-0.05, 0) is 17.7 Å². The van der Waals surface area contributed by atoms with E-state index < -0.39 is 0 Å². The zero-order chi connectivity index (χ0) is 12.8. The first kappa shape index (κ1) is 12.9. The van der Waals surface area contributed by atoms with Gasteiger partial charge in [-0.1, -0.05) is 41.9 Å². The molecule has 1 heterocycles. The summed E-state index contributed by atoms with van der Waals surface area (Å²) in [5, 5.41) is 9.75. The van der Waals surface area contributed by atoms with Gasteiger partial charge in [0.1, 0.15) is 5.82 Å². The van der Waals surface area contributed by atoms with Crippen LogP contribution in [0.5, 0.6) is 0 Å². The lowest BCUT2D eigenvalue weighted by Crippen LogP contribution is -2.26. The molecule has 0 aliphatic rings. The Bertz CT molecular complexity index is 473. The maximum Gasteiger partial charge on any atom is 0.128 e. The van der Waals surface area contributed by atoms with Gasteiger partial charge >= 0.3 is 0 Å². The van der Waals surface area contributed by atoms with Crippen molar-refractivity contribution < 1.29 is 5.11 Å². The Morgan fingerprint density at radius 1 is 1.11 bits per heavy atom. The number of aromatic nitrogens is 1. The summed E-state index contributed by atoms with van der Waals surface area (Å²) in [6.07, 6.45) is 1.62. The molecular formula is C14H15ClN2O. The van der Waals surface area contributed by atoms with E-state index in [2.05, 4.69) is 17.1 Å². The second kappa shape index (κ2) is 6.38. The molecule has 0 atom stereocenters. The van der Waals surface area contributed by atoms with Gasteiger partial charge in [0.05, 0.1) is 11.6 Å². The van der Waals surface area contributed by atoms with Crippen LogP contribution in [0.3, 0.4) is 0 Å². The number of pyridine rings is 1. The van der Waals surface area contributed by atoms with Gasteiger partial charge in [0.2, 0.25) is 0 Å². The minimum absolute atomic E-state index is 0.0944. The van der Waals surface area contributed by atoms with Crippen molar-refractivity contribution >= 4 is 17.4 Å². The normalized spacial score (nSPS) is 10.3.